The second kappa shape index (κ2) is 19.4. The number of benzene rings is 2. The van der Waals surface area contributed by atoms with Gasteiger partial charge in [0.05, 0.1) is 7.11 Å². The summed E-state index contributed by atoms with van der Waals surface area (Å²) < 4.78 is 80.9. The first-order valence-electron chi connectivity index (χ1n) is 11.9. The summed E-state index contributed by atoms with van der Waals surface area (Å²) in [5.41, 5.74) is 1.39. The Morgan fingerprint density at radius 1 is 0.844 bits per heavy atom. The number of hydrogen-bond donors (Lipinski definition) is 2. The van der Waals surface area contributed by atoms with Crippen LogP contribution in [0.15, 0.2) is 53.3 Å². The summed E-state index contributed by atoms with van der Waals surface area (Å²) in [7, 11) is 0.158. The summed E-state index contributed by atoms with van der Waals surface area (Å²) in [6.07, 6.45) is -8.38. The van der Waals surface area contributed by atoms with E-state index in [1.807, 2.05) is 0 Å². The first kappa shape index (κ1) is 44.0. The summed E-state index contributed by atoms with van der Waals surface area (Å²) in [5, 5.41) is 24.1. The fourth-order valence-corrected chi connectivity index (χ4v) is 3.53. The smallest absolute Gasteiger partial charge is 0.497 e. The Morgan fingerprint density at radius 2 is 1.31 bits per heavy atom. The van der Waals surface area contributed by atoms with Crippen molar-refractivity contribution in [3.63, 3.8) is 0 Å². The normalized spacial score (nSPS) is 10.4. The van der Waals surface area contributed by atoms with Gasteiger partial charge in [-0.05, 0) is 47.4 Å². The largest absolute Gasteiger partial charge is 2.00 e. The van der Waals surface area contributed by atoms with Gasteiger partial charge in [-0.15, -0.1) is 10.2 Å². The van der Waals surface area contributed by atoms with Gasteiger partial charge in [0.25, 0.3) is 11.6 Å². The molecule has 45 heavy (non-hydrogen) atoms. The van der Waals surface area contributed by atoms with Gasteiger partial charge >= 0.3 is 39.9 Å². The molecule has 250 valence electrons. The van der Waals surface area contributed by atoms with Crippen molar-refractivity contribution in [3.05, 3.63) is 85.3 Å². The number of aryl methyl sites for hydroxylation is 2. The molecule has 2 aromatic heterocycles. The second-order valence-corrected chi connectivity index (χ2v) is 8.69. The molecule has 2 heterocycles. The quantitative estimate of drug-likeness (QED) is 0.119. The number of ether oxygens (including phenoxy) is 1. The number of carbonyl (C=O) groups is 1. The van der Waals surface area contributed by atoms with E-state index in [0.29, 0.717) is 35.2 Å². The average Bonchev–Trinajstić information content (AvgIpc) is 3.57. The van der Waals surface area contributed by atoms with Crippen LogP contribution in [0.4, 0.5) is 26.3 Å². The maximum absolute atomic E-state index is 12.6. The fraction of sp³-hybridized carbons (Fsp3) is 0.269. The van der Waals surface area contributed by atoms with Gasteiger partial charge in [-0.3, -0.25) is 4.79 Å². The molecule has 0 atom stereocenters. The van der Waals surface area contributed by atoms with Crippen LogP contribution < -0.4 is 10.2 Å². The first-order valence-corrected chi connectivity index (χ1v) is 12.7. The van der Waals surface area contributed by atoms with Crippen molar-refractivity contribution in [2.45, 2.75) is 39.3 Å². The summed E-state index contributed by atoms with van der Waals surface area (Å²) >= 11 is 2.86. The maximum Gasteiger partial charge on any atom is 2.00 e. The van der Waals surface area contributed by atoms with E-state index >= 15 is 0 Å². The molecular weight excluding hydrogens is 771 g/mol. The molecule has 0 saturated heterocycles. The van der Waals surface area contributed by atoms with Crippen molar-refractivity contribution in [1.29, 1.82) is 0 Å². The van der Waals surface area contributed by atoms with Crippen LogP contribution in [0, 0.1) is 14.9 Å². The van der Waals surface area contributed by atoms with Gasteiger partial charge in [-0.2, -0.15) is 31.3 Å². The second-order valence-electron chi connectivity index (χ2n) is 7.98. The van der Waals surface area contributed by atoms with Gasteiger partial charge < -0.3 is 29.6 Å². The van der Waals surface area contributed by atoms with Gasteiger partial charge in [0.2, 0.25) is 0 Å². The number of aldehydes is 1. The summed E-state index contributed by atoms with van der Waals surface area (Å²) in [5.74, 6) is -1.44. The molecule has 0 radical (unpaired) electrons. The molecule has 0 fully saturated rings. The standard InChI is InChI=1S/C12H10F3N3O.C7H9BO3.C5H5BrF3N3.2CH3.Pd/c1-2-18-10(16-11(17-18)12(13,14)15)9-5-3-8(7-19)4-6-9;1-11-7-4-2-6(3-5-7)8(9)10;1-2-12-4(6)10-3(11-12)5(7,8)9;;;/h3-7H,2H2,1H3;2-5,9-10H,1H3;2H2,1H3;2*1H3;/q;;;2*-1;+2. The minimum absolute atomic E-state index is 0. The molecule has 0 saturated carbocycles. The number of alkyl halides is 6. The van der Waals surface area contributed by atoms with Gasteiger partial charge in [0, 0.05) is 24.2 Å². The minimum atomic E-state index is -4.57. The number of aromatic nitrogens is 6. The predicted octanol–water partition coefficient (Wildman–Crippen LogP) is 5.15. The Hall–Kier alpha value is -3.10. The van der Waals surface area contributed by atoms with Crippen LogP contribution in [0.5, 0.6) is 5.75 Å². The van der Waals surface area contributed by atoms with Crippen molar-refractivity contribution in [1.82, 2.24) is 29.5 Å². The molecule has 0 amide bonds. The zero-order valence-corrected chi connectivity index (χ0v) is 27.7. The Morgan fingerprint density at radius 3 is 1.67 bits per heavy atom. The van der Waals surface area contributed by atoms with E-state index in [0.717, 1.165) is 4.68 Å². The van der Waals surface area contributed by atoms with E-state index in [9.17, 15) is 31.1 Å². The number of halogens is 7. The summed E-state index contributed by atoms with van der Waals surface area (Å²) in [4.78, 5) is 17.2. The van der Waals surface area contributed by atoms with Gasteiger partial charge in [-0.1, -0.05) is 36.4 Å². The minimum Gasteiger partial charge on any atom is -0.497 e. The fourth-order valence-electron chi connectivity index (χ4n) is 3.03. The van der Waals surface area contributed by atoms with Crippen LogP contribution in [-0.4, -0.2) is 60.1 Å². The van der Waals surface area contributed by atoms with Crippen molar-refractivity contribution in [3.8, 4) is 17.1 Å². The van der Waals surface area contributed by atoms with Gasteiger partial charge in [0.1, 0.15) is 12.0 Å². The number of methoxy groups -OCH3 is 1. The van der Waals surface area contributed by atoms with E-state index in [2.05, 4.69) is 36.1 Å². The van der Waals surface area contributed by atoms with Crippen molar-refractivity contribution < 1.29 is 66.3 Å². The topological polar surface area (TPSA) is 128 Å². The van der Waals surface area contributed by atoms with E-state index in [-0.39, 0.29) is 52.4 Å². The Labute approximate surface area is 278 Å². The Balaban J connectivity index is 0. The average molecular weight is 802 g/mol. The molecule has 2 aromatic carbocycles. The molecule has 10 nitrogen and oxygen atoms in total. The molecule has 0 aliphatic heterocycles. The maximum atomic E-state index is 12.6. The molecule has 0 bridgehead atoms. The molecule has 0 spiro atoms. The zero-order chi connectivity index (χ0) is 31.7. The van der Waals surface area contributed by atoms with E-state index < -0.39 is 31.1 Å². The van der Waals surface area contributed by atoms with Crippen LogP contribution in [0.1, 0.15) is 35.9 Å². The molecule has 0 unspecified atom stereocenters. The Bertz CT molecular complexity index is 1440. The number of carbonyl (C=O) groups excluding carboxylic acids is 1. The molecular formula is C26H30BBrF6N6O4Pd. The Kier molecular flexibility index (Phi) is 19.0. The number of hydrogen-bond acceptors (Lipinski definition) is 8. The third-order valence-electron chi connectivity index (χ3n) is 5.12. The summed E-state index contributed by atoms with van der Waals surface area (Å²) in [6, 6.07) is 12.7. The first-order chi connectivity index (χ1) is 19.6. The number of nitrogens with zero attached hydrogens (tertiary/aromatic N) is 6. The number of rotatable bonds is 6. The van der Waals surface area contributed by atoms with E-state index in [4.69, 9.17) is 14.8 Å². The predicted molar refractivity (Wildman–Crippen MR) is 156 cm³/mol. The van der Waals surface area contributed by atoms with Crippen LogP contribution in [0.25, 0.3) is 11.4 Å². The summed E-state index contributed by atoms with van der Waals surface area (Å²) in [6.45, 7) is 3.98. The van der Waals surface area contributed by atoms with Crippen molar-refractivity contribution in [2.24, 2.45) is 0 Å². The van der Waals surface area contributed by atoms with Crippen molar-refractivity contribution in [2.75, 3.05) is 7.11 Å². The molecule has 0 aliphatic carbocycles. The third kappa shape index (κ3) is 13.0. The SMILES string of the molecule is CCn1nc(C(F)(F)F)nc1-c1ccc(C=O)cc1.CCn1nc(C(F)(F)F)nc1Br.COc1ccc(B(O)O)cc1.[CH3-].[CH3-].[Pd+2]. The van der Waals surface area contributed by atoms with Crippen LogP contribution in [-0.2, 0) is 45.9 Å². The molecule has 4 aromatic rings. The molecule has 19 heteroatoms. The molecule has 0 aliphatic rings. The van der Waals surface area contributed by atoms with Crippen molar-refractivity contribution >= 4 is 34.8 Å². The zero-order valence-electron chi connectivity index (χ0n) is 24.5. The van der Waals surface area contributed by atoms with Crippen LogP contribution in [0.3, 0.4) is 0 Å². The van der Waals surface area contributed by atoms with Gasteiger partial charge in [0.15, 0.2) is 10.6 Å². The van der Waals surface area contributed by atoms with Crippen LogP contribution >= 0.6 is 15.9 Å². The molecule has 2 N–H and O–H groups in total. The third-order valence-corrected chi connectivity index (χ3v) is 5.71. The van der Waals surface area contributed by atoms with Crippen LogP contribution in [0.2, 0.25) is 0 Å². The van der Waals surface area contributed by atoms with E-state index in [1.165, 1.54) is 16.8 Å². The van der Waals surface area contributed by atoms with Gasteiger partial charge in [-0.25, -0.2) is 14.3 Å². The van der Waals surface area contributed by atoms with E-state index in [1.54, 1.807) is 57.4 Å². The monoisotopic (exact) mass is 800 g/mol. The molecule has 4 rings (SSSR count).